The van der Waals surface area contributed by atoms with Crippen molar-refractivity contribution in [3.63, 3.8) is 0 Å². The molecule has 1 unspecified atom stereocenters. The van der Waals surface area contributed by atoms with Crippen molar-refractivity contribution in [3.05, 3.63) is 28.0 Å². The zero-order valence-corrected chi connectivity index (χ0v) is 14.5. The summed E-state index contributed by atoms with van der Waals surface area (Å²) in [5.41, 5.74) is 0. The minimum absolute atomic E-state index is 0.0669. The van der Waals surface area contributed by atoms with Crippen molar-refractivity contribution >= 4 is 23.6 Å². The van der Waals surface area contributed by atoms with E-state index < -0.39 is 4.92 Å². The van der Waals surface area contributed by atoms with Crippen molar-refractivity contribution in [2.45, 2.75) is 31.7 Å². The summed E-state index contributed by atoms with van der Waals surface area (Å²) >= 11 is 1.88. The van der Waals surface area contributed by atoms with Gasteiger partial charge in [-0.25, -0.2) is 0 Å². The van der Waals surface area contributed by atoms with Crippen molar-refractivity contribution in [1.29, 1.82) is 0 Å². The molecular formula is C16H23N3O4S. The predicted molar refractivity (Wildman–Crippen MR) is 92.4 cm³/mol. The van der Waals surface area contributed by atoms with E-state index in [-0.39, 0.29) is 23.6 Å². The van der Waals surface area contributed by atoms with E-state index in [1.807, 2.05) is 16.7 Å². The molecule has 1 atom stereocenters. The van der Waals surface area contributed by atoms with Crippen LogP contribution in [0.3, 0.4) is 0 Å². The van der Waals surface area contributed by atoms with Crippen molar-refractivity contribution in [2.24, 2.45) is 0 Å². The first-order valence-electron chi connectivity index (χ1n) is 8.50. The largest absolute Gasteiger partial charge is 0.433 e. The van der Waals surface area contributed by atoms with E-state index in [1.54, 1.807) is 0 Å². The van der Waals surface area contributed by atoms with E-state index in [0.29, 0.717) is 6.54 Å². The van der Waals surface area contributed by atoms with Gasteiger partial charge >= 0.3 is 5.88 Å². The first-order chi connectivity index (χ1) is 11.6. The Balaban J connectivity index is 1.72. The molecule has 3 rings (SSSR count). The summed E-state index contributed by atoms with van der Waals surface area (Å²) in [6.45, 7) is 3.74. The van der Waals surface area contributed by atoms with Crippen LogP contribution in [0.4, 0.5) is 5.88 Å². The number of rotatable bonds is 4. The third-order valence-corrected chi connectivity index (χ3v) is 5.80. The summed E-state index contributed by atoms with van der Waals surface area (Å²) in [5, 5.41) is 10.8. The van der Waals surface area contributed by atoms with Gasteiger partial charge in [-0.15, -0.1) is 0 Å². The van der Waals surface area contributed by atoms with Gasteiger partial charge in [0, 0.05) is 18.8 Å². The fraction of sp³-hybridized carbons (Fsp3) is 0.688. The Morgan fingerprint density at radius 3 is 2.75 bits per heavy atom. The number of nitro groups is 1. The summed E-state index contributed by atoms with van der Waals surface area (Å²) in [7, 11) is 0. The predicted octanol–water partition coefficient (Wildman–Crippen LogP) is 2.62. The molecule has 0 spiro atoms. The highest BCUT2D eigenvalue weighted by atomic mass is 32.2. The van der Waals surface area contributed by atoms with Crippen LogP contribution in [0.5, 0.6) is 0 Å². The van der Waals surface area contributed by atoms with E-state index in [2.05, 4.69) is 4.90 Å². The van der Waals surface area contributed by atoms with Crippen molar-refractivity contribution in [1.82, 2.24) is 9.80 Å². The molecule has 2 aliphatic heterocycles. The quantitative estimate of drug-likeness (QED) is 0.611. The molecule has 1 amide bonds. The molecule has 3 heterocycles. The van der Waals surface area contributed by atoms with Gasteiger partial charge in [0.25, 0.3) is 5.91 Å². The molecule has 0 aromatic carbocycles. The van der Waals surface area contributed by atoms with Crippen LogP contribution in [0.1, 0.15) is 36.2 Å². The van der Waals surface area contributed by atoms with Crippen LogP contribution < -0.4 is 0 Å². The van der Waals surface area contributed by atoms with Crippen LogP contribution >= 0.6 is 11.8 Å². The van der Waals surface area contributed by atoms with Crippen LogP contribution in [-0.2, 0) is 0 Å². The van der Waals surface area contributed by atoms with Gasteiger partial charge in [0.2, 0.25) is 0 Å². The van der Waals surface area contributed by atoms with Gasteiger partial charge in [-0.1, -0.05) is 6.42 Å². The molecule has 0 aliphatic carbocycles. The first kappa shape index (κ1) is 17.3. The summed E-state index contributed by atoms with van der Waals surface area (Å²) < 4.78 is 5.13. The van der Waals surface area contributed by atoms with Gasteiger partial charge < -0.3 is 14.2 Å². The van der Waals surface area contributed by atoms with Crippen LogP contribution in [-0.4, -0.2) is 64.4 Å². The van der Waals surface area contributed by atoms with Crippen LogP contribution in [0.25, 0.3) is 0 Å². The number of piperidine rings is 1. The summed E-state index contributed by atoms with van der Waals surface area (Å²) in [6.07, 6.45) is 4.67. The Morgan fingerprint density at radius 2 is 2.04 bits per heavy atom. The standard InChI is InChI=1S/C16H23N3O4S/c20-16(14-5-6-15(23-14)19(21)22)18-9-4-10-24-12-13(18)11-17-7-2-1-3-8-17/h5-6,13H,1-4,7-12H2. The fourth-order valence-corrected chi connectivity index (χ4v) is 4.43. The second-order valence-electron chi connectivity index (χ2n) is 6.34. The van der Waals surface area contributed by atoms with Crippen molar-refractivity contribution in [3.8, 4) is 0 Å². The molecule has 0 bridgehead atoms. The molecule has 2 fully saturated rings. The highest BCUT2D eigenvalue weighted by molar-refractivity contribution is 7.99. The van der Waals surface area contributed by atoms with E-state index in [9.17, 15) is 14.9 Å². The summed E-state index contributed by atoms with van der Waals surface area (Å²) in [4.78, 5) is 27.3. The average molecular weight is 353 g/mol. The molecule has 8 heteroatoms. The normalized spacial score (nSPS) is 23.0. The van der Waals surface area contributed by atoms with E-state index in [0.717, 1.165) is 37.6 Å². The second kappa shape index (κ2) is 8.02. The Labute approximate surface area is 145 Å². The molecule has 0 radical (unpaired) electrons. The SMILES string of the molecule is O=C(c1ccc([N+](=O)[O-])o1)N1CCCSCC1CN1CCCCC1. The lowest BCUT2D eigenvalue weighted by Gasteiger charge is -2.35. The lowest BCUT2D eigenvalue weighted by molar-refractivity contribution is -0.402. The van der Waals surface area contributed by atoms with E-state index in [1.165, 1.54) is 31.4 Å². The monoisotopic (exact) mass is 353 g/mol. The van der Waals surface area contributed by atoms with E-state index in [4.69, 9.17) is 4.42 Å². The number of nitrogens with zero attached hydrogens (tertiary/aromatic N) is 3. The second-order valence-corrected chi connectivity index (χ2v) is 7.49. The number of likely N-dealkylation sites (tertiary alicyclic amines) is 1. The molecule has 0 saturated carbocycles. The zero-order chi connectivity index (χ0) is 16.9. The minimum atomic E-state index is -0.611. The Morgan fingerprint density at radius 1 is 1.25 bits per heavy atom. The van der Waals surface area contributed by atoms with E-state index >= 15 is 0 Å². The smallest absolute Gasteiger partial charge is 0.395 e. The molecule has 132 valence electrons. The Bertz CT molecular complexity index is 586. The third-order valence-electron chi connectivity index (χ3n) is 4.60. The number of thioether (sulfide) groups is 1. The number of carbonyl (C=O) groups is 1. The lowest BCUT2D eigenvalue weighted by Crippen LogP contribution is -2.49. The Hall–Kier alpha value is -1.54. The van der Waals surface area contributed by atoms with Crippen LogP contribution in [0, 0.1) is 10.1 Å². The lowest BCUT2D eigenvalue weighted by atomic mass is 10.1. The summed E-state index contributed by atoms with van der Waals surface area (Å²) in [6, 6.07) is 2.79. The van der Waals surface area contributed by atoms with Gasteiger partial charge in [-0.3, -0.25) is 14.9 Å². The minimum Gasteiger partial charge on any atom is -0.395 e. The highest BCUT2D eigenvalue weighted by Crippen LogP contribution is 2.23. The molecular weight excluding hydrogens is 330 g/mol. The zero-order valence-electron chi connectivity index (χ0n) is 13.7. The van der Waals surface area contributed by atoms with Crippen molar-refractivity contribution in [2.75, 3.05) is 37.7 Å². The molecule has 7 nitrogen and oxygen atoms in total. The maximum Gasteiger partial charge on any atom is 0.433 e. The van der Waals surface area contributed by atoms with Gasteiger partial charge in [-0.2, -0.15) is 11.8 Å². The molecule has 0 N–H and O–H groups in total. The van der Waals surface area contributed by atoms with Gasteiger partial charge in [0.15, 0.2) is 5.76 Å². The molecule has 2 saturated heterocycles. The van der Waals surface area contributed by atoms with Gasteiger partial charge in [0.1, 0.15) is 4.92 Å². The topological polar surface area (TPSA) is 79.8 Å². The third kappa shape index (κ3) is 4.10. The Kier molecular flexibility index (Phi) is 5.78. The number of amides is 1. The number of furan rings is 1. The summed E-state index contributed by atoms with van der Waals surface area (Å²) in [5.74, 6) is 1.41. The fourth-order valence-electron chi connectivity index (χ4n) is 3.37. The number of carbonyl (C=O) groups excluding carboxylic acids is 1. The van der Waals surface area contributed by atoms with Crippen molar-refractivity contribution < 1.29 is 14.1 Å². The number of hydrogen-bond donors (Lipinski definition) is 0. The van der Waals surface area contributed by atoms with Gasteiger partial charge in [-0.05, 0) is 44.2 Å². The van der Waals surface area contributed by atoms with Crippen LogP contribution in [0.15, 0.2) is 16.5 Å². The van der Waals surface area contributed by atoms with Gasteiger partial charge in [0.05, 0.1) is 12.1 Å². The van der Waals surface area contributed by atoms with Crippen LogP contribution in [0.2, 0.25) is 0 Å². The number of hydrogen-bond acceptors (Lipinski definition) is 6. The maximum absolute atomic E-state index is 12.8. The maximum atomic E-state index is 12.8. The highest BCUT2D eigenvalue weighted by Gasteiger charge is 2.31. The molecule has 1 aromatic heterocycles. The molecule has 1 aromatic rings. The average Bonchev–Trinajstić information content (AvgIpc) is 2.98. The molecule has 2 aliphatic rings. The first-order valence-corrected chi connectivity index (χ1v) is 9.66. The molecule has 24 heavy (non-hydrogen) atoms.